The highest BCUT2D eigenvalue weighted by atomic mass is 79.9. The summed E-state index contributed by atoms with van der Waals surface area (Å²) in [4.78, 5) is 10.3. The molecule has 0 heterocycles. The van der Waals surface area contributed by atoms with Crippen LogP contribution < -0.4 is 0 Å². The predicted octanol–water partition coefficient (Wildman–Crippen LogP) is 2.08. The molecule has 3 heteroatoms. The molecule has 11 heavy (non-hydrogen) atoms. The van der Waals surface area contributed by atoms with Gasteiger partial charge in [0.15, 0.2) is 0 Å². The third-order valence-electron chi connectivity index (χ3n) is 1.18. The first-order valence-electron chi connectivity index (χ1n) is 3.56. The fourth-order valence-corrected chi connectivity index (χ4v) is 0.958. The van der Waals surface area contributed by atoms with Crippen molar-refractivity contribution in [1.29, 1.82) is 0 Å². The topological polar surface area (TPSA) is 37.3 Å². The Labute approximate surface area is 74.4 Å². The predicted molar refractivity (Wildman–Crippen MR) is 45.5 cm³/mol. The Kier molecular flexibility index (Phi) is 2.20. The maximum absolute atomic E-state index is 10.3. The van der Waals surface area contributed by atoms with Crippen molar-refractivity contribution in [2.75, 3.05) is 0 Å². The lowest BCUT2D eigenvalue weighted by atomic mass is 10.2. The molecule has 0 aliphatic rings. The fraction of sp³-hybridized carbons (Fsp3) is 0.125. The van der Waals surface area contributed by atoms with Crippen LogP contribution in [0.5, 0.6) is 0 Å². The molecule has 0 bridgehead atoms. The first kappa shape index (κ1) is 6.85. The van der Waals surface area contributed by atoms with Crippen molar-refractivity contribution < 1.29 is 11.3 Å². The second-order valence-corrected chi connectivity index (χ2v) is 3.02. The molecule has 0 fully saturated rings. The average Bonchev–Trinajstić information content (AvgIpc) is 1.94. The fourth-order valence-electron chi connectivity index (χ4n) is 0.711. The first-order valence-corrected chi connectivity index (χ1v) is 3.85. The van der Waals surface area contributed by atoms with Gasteiger partial charge in [-0.3, -0.25) is 4.79 Å². The van der Waals surface area contributed by atoms with Crippen LogP contribution in [0.25, 0.3) is 0 Å². The van der Waals surface area contributed by atoms with E-state index in [4.69, 9.17) is 6.48 Å². The summed E-state index contributed by atoms with van der Waals surface area (Å²) in [6.45, 7) is 0. The molecule has 0 spiro atoms. The van der Waals surface area contributed by atoms with Gasteiger partial charge in [0.2, 0.25) is 0 Å². The molecule has 1 rings (SSSR count). The number of carboxylic acids is 1. The van der Waals surface area contributed by atoms with E-state index in [0.29, 0.717) is 5.56 Å². The van der Waals surface area contributed by atoms with Gasteiger partial charge in [0, 0.05) is 4.47 Å². The van der Waals surface area contributed by atoms with Crippen LogP contribution in [0.3, 0.4) is 0 Å². The monoisotopic (exact) mass is 215 g/mol. The van der Waals surface area contributed by atoms with Crippen molar-refractivity contribution in [3.63, 3.8) is 0 Å². The Morgan fingerprint density at radius 2 is 2.36 bits per heavy atom. The Bertz CT molecular complexity index is 312. The molecule has 1 aromatic rings. The molecule has 0 aromatic heterocycles. The van der Waals surface area contributed by atoms with Crippen LogP contribution >= 0.6 is 15.9 Å². The van der Waals surface area contributed by atoms with Crippen molar-refractivity contribution >= 4 is 21.9 Å². The number of halogens is 1. The lowest BCUT2D eigenvalue weighted by Gasteiger charge is -1.95. The molecule has 1 aromatic carbocycles. The molecular formula is C8H7BrO2. The Balaban J connectivity index is 2.93. The summed E-state index contributed by atoms with van der Waals surface area (Å²) in [5, 5.41) is 8.47. The van der Waals surface area contributed by atoms with Gasteiger partial charge >= 0.3 is 5.97 Å². The average molecular weight is 216 g/mol. The van der Waals surface area contributed by atoms with Gasteiger partial charge in [-0.05, 0) is 17.7 Å². The largest absolute Gasteiger partial charge is 0.481 e. The first-order chi connectivity index (χ1) is 5.59. The summed E-state index contributed by atoms with van der Waals surface area (Å²) in [6.07, 6.45) is -0.0912. The van der Waals surface area contributed by atoms with Crippen LogP contribution in [0.4, 0.5) is 0 Å². The Morgan fingerprint density at radius 1 is 1.64 bits per heavy atom. The summed E-state index contributed by atoms with van der Waals surface area (Å²) in [5.41, 5.74) is 0.533. The van der Waals surface area contributed by atoms with Crippen molar-refractivity contribution in [1.82, 2.24) is 0 Å². The molecule has 0 saturated carbocycles. The van der Waals surface area contributed by atoms with Crippen LogP contribution in [-0.2, 0) is 11.2 Å². The normalized spacial score (nSPS) is 10.8. The quantitative estimate of drug-likeness (QED) is 0.821. The van der Waals surface area contributed by atoms with Crippen LogP contribution in [0, 0.1) is 0 Å². The smallest absolute Gasteiger partial charge is 0.307 e. The van der Waals surface area contributed by atoms with Gasteiger partial charge < -0.3 is 5.11 Å². The molecule has 0 saturated heterocycles. The second kappa shape index (κ2) is 3.53. The molecule has 1 N–H and O–H groups in total. The van der Waals surface area contributed by atoms with Crippen LogP contribution in [0.2, 0.25) is 0 Å². The maximum Gasteiger partial charge on any atom is 0.307 e. The zero-order valence-corrected chi connectivity index (χ0v) is 7.26. The van der Waals surface area contributed by atoms with Crippen LogP contribution in [-0.4, -0.2) is 11.1 Å². The van der Waals surface area contributed by atoms with Crippen molar-refractivity contribution in [2.24, 2.45) is 0 Å². The number of carbonyl (C=O) groups is 1. The van der Waals surface area contributed by atoms with E-state index < -0.39 is 5.97 Å². The number of rotatable bonds is 2. The Hall–Kier alpha value is -0.830. The highest BCUT2D eigenvalue weighted by Crippen LogP contribution is 2.10. The Morgan fingerprint density at radius 3 is 2.91 bits per heavy atom. The number of hydrogen-bond donors (Lipinski definition) is 1. The van der Waals surface area contributed by atoms with E-state index in [1.165, 1.54) is 0 Å². The van der Waals surface area contributed by atoms with E-state index in [9.17, 15) is 4.79 Å². The standard InChI is InChI=1S/C8H7BrO2/c9-7-3-1-6(2-4-7)5-8(10)11/h1-4H,5H2,(H,10,11)/i1D. The summed E-state index contributed by atoms with van der Waals surface area (Å²) in [5.74, 6) is -0.911. The van der Waals surface area contributed by atoms with Crippen molar-refractivity contribution in [3.05, 3.63) is 34.3 Å². The minimum atomic E-state index is -0.911. The minimum absolute atomic E-state index is 0.0912. The summed E-state index contributed by atoms with van der Waals surface area (Å²) < 4.78 is 8.20. The van der Waals surface area contributed by atoms with Gasteiger partial charge in [-0.25, -0.2) is 0 Å². The highest BCUT2D eigenvalue weighted by Gasteiger charge is 1.98. The second-order valence-electron chi connectivity index (χ2n) is 2.10. The molecule has 0 unspecified atom stereocenters. The van der Waals surface area contributed by atoms with E-state index in [-0.39, 0.29) is 12.5 Å². The zero-order valence-electron chi connectivity index (χ0n) is 6.67. The van der Waals surface area contributed by atoms with E-state index in [2.05, 4.69) is 15.9 Å². The van der Waals surface area contributed by atoms with E-state index in [1.807, 2.05) is 0 Å². The summed E-state index contributed by atoms with van der Waals surface area (Å²) in [6, 6.07) is 5.21. The summed E-state index contributed by atoms with van der Waals surface area (Å²) >= 11 is 3.20. The lowest BCUT2D eigenvalue weighted by molar-refractivity contribution is -0.136. The molecule has 58 valence electrons. The molecule has 2 nitrogen and oxygen atoms in total. The van der Waals surface area contributed by atoms with Gasteiger partial charge in [0.25, 0.3) is 0 Å². The third-order valence-corrected chi connectivity index (χ3v) is 1.67. The lowest BCUT2D eigenvalue weighted by Crippen LogP contribution is -1.99. The molecule has 0 aliphatic carbocycles. The number of aliphatic carboxylic acids is 1. The molecular weight excluding hydrogens is 208 g/mol. The van der Waals surface area contributed by atoms with Crippen LogP contribution in [0.1, 0.15) is 6.93 Å². The minimum Gasteiger partial charge on any atom is -0.481 e. The molecule has 0 aliphatic heterocycles. The van der Waals surface area contributed by atoms with Gasteiger partial charge in [-0.2, -0.15) is 0 Å². The SMILES string of the molecule is [2H]c1cc(Br)ccc1CC(=O)O. The highest BCUT2D eigenvalue weighted by molar-refractivity contribution is 9.10. The van der Waals surface area contributed by atoms with Gasteiger partial charge in [-0.15, -0.1) is 0 Å². The molecule has 0 radical (unpaired) electrons. The maximum atomic E-state index is 10.3. The van der Waals surface area contributed by atoms with Crippen LogP contribution in [0.15, 0.2) is 28.7 Å². The third kappa shape index (κ3) is 2.72. The van der Waals surface area contributed by atoms with Crippen molar-refractivity contribution in [3.8, 4) is 0 Å². The summed E-state index contributed by atoms with van der Waals surface area (Å²) in [7, 11) is 0. The van der Waals surface area contributed by atoms with Gasteiger partial charge in [0.05, 0.1) is 7.79 Å². The number of hydrogen-bond acceptors (Lipinski definition) is 1. The van der Waals surface area contributed by atoms with Gasteiger partial charge in [-0.1, -0.05) is 28.0 Å². The zero-order chi connectivity index (χ0) is 9.14. The van der Waals surface area contributed by atoms with E-state index in [0.717, 1.165) is 4.47 Å². The molecule has 0 amide bonds. The van der Waals surface area contributed by atoms with Crippen molar-refractivity contribution in [2.45, 2.75) is 6.42 Å². The number of carboxylic acid groups (broad SMARTS) is 1. The number of benzene rings is 1. The van der Waals surface area contributed by atoms with E-state index >= 15 is 0 Å². The molecule has 0 atom stereocenters. The van der Waals surface area contributed by atoms with E-state index in [1.54, 1.807) is 18.2 Å². The van der Waals surface area contributed by atoms with Gasteiger partial charge in [0.1, 0.15) is 0 Å².